The van der Waals surface area contributed by atoms with Gasteiger partial charge in [0, 0.05) is 12.1 Å². The zero-order chi connectivity index (χ0) is 18.0. The van der Waals surface area contributed by atoms with Gasteiger partial charge in [0.25, 0.3) is 0 Å². The normalized spacial score (nSPS) is 12.0. The summed E-state index contributed by atoms with van der Waals surface area (Å²) >= 11 is 0. The Labute approximate surface area is 146 Å². The average Bonchev–Trinajstić information content (AvgIpc) is 2.97. The van der Waals surface area contributed by atoms with Gasteiger partial charge in [0.1, 0.15) is 11.6 Å². The predicted octanol–water partition coefficient (Wildman–Crippen LogP) is 3.65. The zero-order valence-electron chi connectivity index (χ0n) is 14.8. The smallest absolute Gasteiger partial charge is 0.163 e. The largest absolute Gasteiger partial charge is 0.363 e. The number of rotatable bonds is 5. The van der Waals surface area contributed by atoms with Crippen molar-refractivity contribution in [2.75, 3.05) is 5.32 Å². The van der Waals surface area contributed by atoms with Crippen LogP contribution in [-0.2, 0) is 0 Å². The van der Waals surface area contributed by atoms with E-state index in [-0.39, 0.29) is 11.8 Å². The molecule has 3 aromatic rings. The summed E-state index contributed by atoms with van der Waals surface area (Å²) in [6.07, 6.45) is 1.58. The molecule has 1 atom stereocenters. The summed E-state index contributed by atoms with van der Waals surface area (Å²) < 4.78 is 1.67. The maximum Gasteiger partial charge on any atom is 0.163 e. The van der Waals surface area contributed by atoms with Crippen LogP contribution in [0.1, 0.15) is 47.3 Å². The molecule has 0 saturated carbocycles. The van der Waals surface area contributed by atoms with Crippen LogP contribution in [0.4, 0.5) is 5.82 Å². The van der Waals surface area contributed by atoms with Crippen LogP contribution in [0.25, 0.3) is 5.82 Å². The Kier molecular flexibility index (Phi) is 4.61. The molecule has 0 unspecified atom stereocenters. The van der Waals surface area contributed by atoms with Crippen molar-refractivity contribution >= 4 is 11.6 Å². The van der Waals surface area contributed by atoms with Crippen LogP contribution in [0.2, 0.25) is 0 Å². The first-order valence-corrected chi connectivity index (χ1v) is 8.19. The molecule has 0 radical (unpaired) electrons. The van der Waals surface area contributed by atoms with Crippen LogP contribution in [-0.4, -0.2) is 25.5 Å². The Morgan fingerprint density at radius 2 is 1.88 bits per heavy atom. The van der Waals surface area contributed by atoms with E-state index in [1.165, 1.54) is 12.5 Å². The van der Waals surface area contributed by atoms with E-state index in [9.17, 15) is 4.79 Å². The summed E-state index contributed by atoms with van der Waals surface area (Å²) in [4.78, 5) is 20.6. The number of aryl methyl sites for hydroxylation is 1. The van der Waals surface area contributed by atoms with E-state index >= 15 is 0 Å². The first-order chi connectivity index (χ1) is 12.0. The molecule has 0 amide bonds. The van der Waals surface area contributed by atoms with Gasteiger partial charge in [-0.15, -0.1) is 0 Å². The van der Waals surface area contributed by atoms with E-state index in [2.05, 4.69) is 39.4 Å². The lowest BCUT2D eigenvalue weighted by molar-refractivity contribution is 0.101. The van der Waals surface area contributed by atoms with Crippen molar-refractivity contribution in [2.45, 2.75) is 33.7 Å². The van der Waals surface area contributed by atoms with E-state index in [1.807, 2.05) is 38.1 Å². The van der Waals surface area contributed by atoms with Crippen molar-refractivity contribution in [3.05, 3.63) is 65.2 Å². The molecule has 0 aliphatic rings. The number of nitrogens with zero attached hydrogens (tertiary/aromatic N) is 4. The van der Waals surface area contributed by atoms with E-state index < -0.39 is 0 Å². The molecule has 6 heteroatoms. The Bertz CT molecular complexity index is 901. The van der Waals surface area contributed by atoms with E-state index in [0.717, 1.165) is 11.5 Å². The number of ketones is 1. The number of benzene rings is 1. The van der Waals surface area contributed by atoms with Gasteiger partial charge in [0.15, 0.2) is 11.6 Å². The second-order valence-corrected chi connectivity index (χ2v) is 6.05. The number of carbonyl (C=O) groups excluding carboxylic acids is 1. The van der Waals surface area contributed by atoms with Crippen molar-refractivity contribution in [2.24, 2.45) is 0 Å². The van der Waals surface area contributed by atoms with Crippen LogP contribution < -0.4 is 5.32 Å². The van der Waals surface area contributed by atoms with Crippen molar-refractivity contribution in [3.63, 3.8) is 0 Å². The van der Waals surface area contributed by atoms with Gasteiger partial charge in [0.2, 0.25) is 0 Å². The number of aromatic nitrogens is 4. The predicted molar refractivity (Wildman–Crippen MR) is 97.1 cm³/mol. The minimum absolute atomic E-state index is 0.00873. The molecule has 1 aromatic carbocycles. The molecule has 0 aliphatic carbocycles. The lowest BCUT2D eigenvalue weighted by Crippen LogP contribution is -2.11. The van der Waals surface area contributed by atoms with Crippen molar-refractivity contribution < 1.29 is 4.79 Å². The molecule has 0 aliphatic heterocycles. The zero-order valence-corrected chi connectivity index (χ0v) is 14.8. The van der Waals surface area contributed by atoms with Gasteiger partial charge < -0.3 is 5.32 Å². The summed E-state index contributed by atoms with van der Waals surface area (Å²) in [5, 5.41) is 7.70. The highest BCUT2D eigenvalue weighted by molar-refractivity contribution is 5.95. The number of hydrogen-bond acceptors (Lipinski definition) is 5. The van der Waals surface area contributed by atoms with E-state index in [0.29, 0.717) is 17.2 Å². The Hall–Kier alpha value is -3.02. The third-order valence-electron chi connectivity index (χ3n) is 4.09. The van der Waals surface area contributed by atoms with Crippen molar-refractivity contribution in [1.82, 2.24) is 19.7 Å². The topological polar surface area (TPSA) is 72.7 Å². The number of Topliss-reactive ketones (excluding diaryl/α,β-unsaturated/α-hetero) is 1. The maximum atomic E-state index is 11.6. The molecule has 128 valence electrons. The van der Waals surface area contributed by atoms with Gasteiger partial charge in [-0.3, -0.25) is 4.79 Å². The van der Waals surface area contributed by atoms with E-state index in [1.54, 1.807) is 10.9 Å². The second-order valence-electron chi connectivity index (χ2n) is 6.05. The molecule has 2 heterocycles. The highest BCUT2D eigenvalue weighted by Gasteiger charge is 2.14. The number of anilines is 1. The van der Waals surface area contributed by atoms with E-state index in [4.69, 9.17) is 0 Å². The molecule has 3 rings (SSSR count). The molecule has 25 heavy (non-hydrogen) atoms. The highest BCUT2D eigenvalue weighted by atomic mass is 16.1. The van der Waals surface area contributed by atoms with Gasteiger partial charge in [-0.05, 0) is 33.3 Å². The van der Waals surface area contributed by atoms with Crippen LogP contribution in [0.15, 0.2) is 42.6 Å². The molecule has 0 spiro atoms. The molecule has 0 fully saturated rings. The quantitative estimate of drug-likeness (QED) is 0.721. The molecule has 0 saturated heterocycles. The summed E-state index contributed by atoms with van der Waals surface area (Å²) in [6.45, 7) is 7.32. The first kappa shape index (κ1) is 16.8. The number of nitrogens with one attached hydrogen (secondary N) is 1. The fraction of sp³-hybridized carbons (Fsp3) is 0.263. The molecular formula is C19H21N5O. The van der Waals surface area contributed by atoms with Crippen LogP contribution in [0.3, 0.4) is 0 Å². The third kappa shape index (κ3) is 3.57. The molecule has 2 aromatic heterocycles. The molecule has 6 nitrogen and oxygen atoms in total. The summed E-state index contributed by atoms with van der Waals surface area (Å²) in [5.41, 5.74) is 2.55. The highest BCUT2D eigenvalue weighted by Crippen LogP contribution is 2.20. The maximum absolute atomic E-state index is 11.6. The van der Waals surface area contributed by atoms with Gasteiger partial charge in [-0.2, -0.15) is 5.10 Å². The van der Waals surface area contributed by atoms with Gasteiger partial charge in [0.05, 0.1) is 17.5 Å². The number of hydrogen-bond donors (Lipinski definition) is 1. The van der Waals surface area contributed by atoms with Crippen molar-refractivity contribution in [1.29, 1.82) is 0 Å². The molecule has 0 bridgehead atoms. The fourth-order valence-corrected chi connectivity index (χ4v) is 2.77. The van der Waals surface area contributed by atoms with Crippen LogP contribution in [0.5, 0.6) is 0 Å². The SMILES string of the molecule is CC(=O)c1cnn(-c2cc(N[C@H](C)c3ccccc3)nc(C)n2)c1C. The molecular weight excluding hydrogens is 314 g/mol. The van der Waals surface area contributed by atoms with Gasteiger partial charge in [-0.1, -0.05) is 30.3 Å². The minimum Gasteiger partial charge on any atom is -0.363 e. The lowest BCUT2D eigenvalue weighted by Gasteiger charge is -2.16. The summed E-state index contributed by atoms with van der Waals surface area (Å²) in [6, 6.07) is 12.1. The first-order valence-electron chi connectivity index (χ1n) is 8.19. The minimum atomic E-state index is -0.00873. The second kappa shape index (κ2) is 6.84. The Balaban J connectivity index is 1.92. The Morgan fingerprint density at radius 1 is 1.16 bits per heavy atom. The van der Waals surface area contributed by atoms with Crippen molar-refractivity contribution in [3.8, 4) is 5.82 Å². The van der Waals surface area contributed by atoms with Gasteiger partial charge in [-0.25, -0.2) is 14.6 Å². The standard InChI is InChI=1S/C19H21N5O/c1-12(16-8-6-5-7-9-16)21-18-10-19(23-15(4)22-18)24-13(2)17(11-20-24)14(3)25/h5-12H,1-4H3,(H,21,22,23)/t12-/m1/s1. The third-order valence-corrected chi connectivity index (χ3v) is 4.09. The van der Waals surface area contributed by atoms with Crippen LogP contribution in [0, 0.1) is 13.8 Å². The lowest BCUT2D eigenvalue weighted by atomic mass is 10.1. The Morgan fingerprint density at radius 3 is 2.52 bits per heavy atom. The summed E-state index contributed by atoms with van der Waals surface area (Å²) in [7, 11) is 0. The fourth-order valence-electron chi connectivity index (χ4n) is 2.77. The van der Waals surface area contributed by atoms with Crippen LogP contribution >= 0.6 is 0 Å². The average molecular weight is 335 g/mol. The summed E-state index contributed by atoms with van der Waals surface area (Å²) in [5.74, 6) is 1.99. The molecule has 1 N–H and O–H groups in total. The van der Waals surface area contributed by atoms with Gasteiger partial charge >= 0.3 is 0 Å². The monoisotopic (exact) mass is 335 g/mol. The number of carbonyl (C=O) groups is 1.